The van der Waals surface area contributed by atoms with E-state index in [1.54, 1.807) is 0 Å². The maximum Gasteiger partial charge on any atom is 0.483 e. The minimum atomic E-state index is -3.80. The average molecular weight is 217 g/mol. The summed E-state index contributed by atoms with van der Waals surface area (Å²) in [5.41, 5.74) is 0.202. The van der Waals surface area contributed by atoms with E-state index in [2.05, 4.69) is 6.58 Å². The summed E-state index contributed by atoms with van der Waals surface area (Å²) >= 11 is 0. The molecule has 0 rings (SSSR count). The van der Waals surface area contributed by atoms with E-state index in [4.69, 9.17) is 15.2 Å². The Labute approximate surface area is 83.4 Å². The third-order valence-electron chi connectivity index (χ3n) is 1.45. The summed E-state index contributed by atoms with van der Waals surface area (Å²) in [7, 11) is -5.41. The van der Waals surface area contributed by atoms with Crippen LogP contribution in [-0.4, -0.2) is 25.6 Å². The van der Waals surface area contributed by atoms with Gasteiger partial charge in [-0.3, -0.25) is 0 Å². The van der Waals surface area contributed by atoms with E-state index in [0.717, 1.165) is 12.2 Å². The van der Waals surface area contributed by atoms with Gasteiger partial charge in [-0.05, 0) is 24.5 Å². The van der Waals surface area contributed by atoms with Crippen LogP contribution in [0.4, 0.5) is 0 Å². The first-order valence-electron chi connectivity index (χ1n) is 3.69. The molecule has 0 unspecified atom stereocenters. The highest BCUT2D eigenvalue weighted by Gasteiger charge is 2.09. The van der Waals surface area contributed by atoms with Crippen LogP contribution >= 0.6 is 0 Å². The van der Waals surface area contributed by atoms with Gasteiger partial charge in [0.15, 0.2) is 0 Å². The van der Waals surface area contributed by atoms with E-state index in [1.807, 2.05) is 0 Å². The SMILES string of the molecule is C=C/C(=C\C=C(/C)B(O)O)S(N)(=O)=O. The summed E-state index contributed by atoms with van der Waals surface area (Å²) in [5.74, 6) is 0. The van der Waals surface area contributed by atoms with Crippen molar-refractivity contribution in [3.05, 3.63) is 35.2 Å². The predicted octanol–water partition coefficient (Wildman–Crippen LogP) is -0.697. The van der Waals surface area contributed by atoms with Crippen LogP contribution in [0.1, 0.15) is 6.92 Å². The van der Waals surface area contributed by atoms with Crippen molar-refractivity contribution < 1.29 is 18.5 Å². The first kappa shape index (κ1) is 13.1. The van der Waals surface area contributed by atoms with Crippen LogP contribution in [0.5, 0.6) is 0 Å². The first-order chi connectivity index (χ1) is 6.29. The van der Waals surface area contributed by atoms with Crippen LogP contribution in [0.15, 0.2) is 35.2 Å². The monoisotopic (exact) mass is 217 g/mol. The van der Waals surface area contributed by atoms with Crippen molar-refractivity contribution >= 4 is 17.1 Å². The first-order valence-corrected chi connectivity index (χ1v) is 5.23. The number of hydrogen-bond acceptors (Lipinski definition) is 4. The van der Waals surface area contributed by atoms with E-state index >= 15 is 0 Å². The summed E-state index contributed by atoms with van der Waals surface area (Å²) < 4.78 is 21.7. The zero-order valence-electron chi connectivity index (χ0n) is 7.71. The average Bonchev–Trinajstić information content (AvgIpc) is 2.02. The molecule has 0 aliphatic heterocycles. The zero-order chi connectivity index (χ0) is 11.4. The van der Waals surface area contributed by atoms with Crippen LogP contribution in [-0.2, 0) is 10.0 Å². The summed E-state index contributed by atoms with van der Waals surface area (Å²) in [5, 5.41) is 22.2. The number of hydrogen-bond donors (Lipinski definition) is 3. The Balaban J connectivity index is 5.00. The lowest BCUT2D eigenvalue weighted by Crippen LogP contribution is -2.14. The molecule has 0 aliphatic carbocycles. The molecular weight excluding hydrogens is 205 g/mol. The van der Waals surface area contributed by atoms with Gasteiger partial charge in [0.1, 0.15) is 0 Å². The van der Waals surface area contributed by atoms with E-state index in [1.165, 1.54) is 13.0 Å². The van der Waals surface area contributed by atoms with Gasteiger partial charge in [0, 0.05) is 0 Å². The minimum absolute atomic E-state index is 0.183. The molecule has 4 N–H and O–H groups in total. The van der Waals surface area contributed by atoms with Crippen LogP contribution < -0.4 is 5.14 Å². The second-order valence-electron chi connectivity index (χ2n) is 2.60. The Morgan fingerprint density at radius 1 is 1.43 bits per heavy atom. The molecule has 0 aromatic carbocycles. The molecule has 0 heterocycles. The molecule has 0 fully saturated rings. The lowest BCUT2D eigenvalue weighted by molar-refractivity contribution is 0.419. The van der Waals surface area contributed by atoms with E-state index < -0.39 is 17.1 Å². The minimum Gasteiger partial charge on any atom is -0.423 e. The van der Waals surface area contributed by atoms with Gasteiger partial charge in [-0.15, -0.1) is 0 Å². The van der Waals surface area contributed by atoms with Crippen LogP contribution in [0.2, 0.25) is 0 Å². The van der Waals surface area contributed by atoms with Gasteiger partial charge in [-0.1, -0.05) is 12.7 Å². The van der Waals surface area contributed by atoms with Gasteiger partial charge in [0.2, 0.25) is 10.0 Å². The molecule has 0 aliphatic rings. The molecule has 0 amide bonds. The molecule has 0 atom stereocenters. The number of allylic oxidation sites excluding steroid dienone is 4. The smallest absolute Gasteiger partial charge is 0.423 e. The fourth-order valence-corrected chi connectivity index (χ4v) is 1.07. The Hall–Kier alpha value is -0.885. The molecule has 14 heavy (non-hydrogen) atoms. The molecule has 0 spiro atoms. The number of sulfonamides is 1. The quantitative estimate of drug-likeness (QED) is 0.428. The maximum atomic E-state index is 10.8. The van der Waals surface area contributed by atoms with Crippen LogP contribution in [0.25, 0.3) is 0 Å². The van der Waals surface area contributed by atoms with Gasteiger partial charge >= 0.3 is 7.12 Å². The van der Waals surface area contributed by atoms with Crippen molar-refractivity contribution in [1.82, 2.24) is 0 Å². The Bertz CT molecular complexity index is 369. The third-order valence-corrected chi connectivity index (χ3v) is 2.41. The molecule has 0 aromatic heterocycles. The number of primary sulfonamides is 1. The van der Waals surface area contributed by atoms with Crippen LogP contribution in [0.3, 0.4) is 0 Å². The Morgan fingerprint density at radius 2 is 1.93 bits per heavy atom. The van der Waals surface area contributed by atoms with Crippen molar-refractivity contribution in [3.8, 4) is 0 Å². The molecule has 0 saturated carbocycles. The highest BCUT2D eigenvalue weighted by molar-refractivity contribution is 7.93. The second kappa shape index (κ2) is 5.11. The lowest BCUT2D eigenvalue weighted by atomic mass is 9.80. The largest absolute Gasteiger partial charge is 0.483 e. The fourth-order valence-electron chi connectivity index (χ4n) is 0.579. The Morgan fingerprint density at radius 3 is 2.21 bits per heavy atom. The number of nitrogens with two attached hydrogens (primary N) is 1. The van der Waals surface area contributed by atoms with Gasteiger partial charge in [0.25, 0.3) is 0 Å². The topological polar surface area (TPSA) is 101 Å². The van der Waals surface area contributed by atoms with Gasteiger partial charge in [-0.2, -0.15) is 0 Å². The van der Waals surface area contributed by atoms with E-state index in [9.17, 15) is 8.42 Å². The van der Waals surface area contributed by atoms with Crippen molar-refractivity contribution in [3.63, 3.8) is 0 Å². The predicted molar refractivity (Wildman–Crippen MR) is 55.3 cm³/mol. The van der Waals surface area contributed by atoms with Gasteiger partial charge < -0.3 is 10.0 Å². The standard InChI is InChI=1S/C7H12BNO4S/c1-3-7(14(9,12)13)5-4-6(2)8(10)11/h3-5,10-11H,1H2,2H3,(H2,9,12,13)/b6-4+,7-5+. The van der Waals surface area contributed by atoms with E-state index in [0.29, 0.717) is 0 Å². The van der Waals surface area contributed by atoms with Crippen molar-refractivity contribution in [2.75, 3.05) is 0 Å². The summed E-state index contributed by atoms with van der Waals surface area (Å²) in [6, 6.07) is 0. The maximum absolute atomic E-state index is 10.8. The third kappa shape index (κ3) is 4.38. The molecule has 5 nitrogen and oxygen atoms in total. The molecule has 78 valence electrons. The molecular formula is C7H12BNO4S. The zero-order valence-corrected chi connectivity index (χ0v) is 8.53. The molecule has 7 heteroatoms. The van der Waals surface area contributed by atoms with Crippen molar-refractivity contribution in [2.24, 2.45) is 5.14 Å². The highest BCUT2D eigenvalue weighted by atomic mass is 32.2. The van der Waals surface area contributed by atoms with Gasteiger partial charge in [0.05, 0.1) is 4.91 Å². The van der Waals surface area contributed by atoms with Crippen molar-refractivity contribution in [2.45, 2.75) is 6.92 Å². The molecule has 0 bridgehead atoms. The van der Waals surface area contributed by atoms with Crippen LogP contribution in [0, 0.1) is 0 Å². The summed E-state index contributed by atoms with van der Waals surface area (Å²) in [6.07, 6.45) is 3.46. The second-order valence-corrected chi connectivity index (χ2v) is 4.16. The molecule has 0 saturated heterocycles. The highest BCUT2D eigenvalue weighted by Crippen LogP contribution is 2.04. The number of rotatable bonds is 4. The summed E-state index contributed by atoms with van der Waals surface area (Å²) in [4.78, 5) is -0.183. The summed E-state index contributed by atoms with van der Waals surface area (Å²) in [6.45, 7) is 4.70. The Kier molecular flexibility index (Phi) is 4.79. The van der Waals surface area contributed by atoms with Crippen molar-refractivity contribution in [1.29, 1.82) is 0 Å². The fraction of sp³-hybridized carbons (Fsp3) is 0.143. The normalized spacial score (nSPS) is 14.0. The van der Waals surface area contributed by atoms with E-state index in [-0.39, 0.29) is 10.4 Å². The molecule has 0 radical (unpaired) electrons. The lowest BCUT2D eigenvalue weighted by Gasteiger charge is -1.97. The van der Waals surface area contributed by atoms with Gasteiger partial charge in [-0.25, -0.2) is 13.6 Å². The molecule has 0 aromatic rings.